The Kier molecular flexibility index (Phi) is 4.92. The molecule has 0 saturated heterocycles. The van der Waals surface area contributed by atoms with E-state index < -0.39 is 11.2 Å². The van der Waals surface area contributed by atoms with Crippen LogP contribution in [-0.4, -0.2) is 30.0 Å². The Morgan fingerprint density at radius 3 is 2.94 bits per heavy atom. The van der Waals surface area contributed by atoms with Crippen LogP contribution in [0.15, 0.2) is 23.1 Å². The summed E-state index contributed by atoms with van der Waals surface area (Å²) < 4.78 is 4.83. The van der Waals surface area contributed by atoms with Gasteiger partial charge in [-0.25, -0.2) is 0 Å². The highest BCUT2D eigenvalue weighted by atomic mass is 35.5. The molecule has 88 valence electrons. The summed E-state index contributed by atoms with van der Waals surface area (Å²) in [5, 5.41) is 8.75. The van der Waals surface area contributed by atoms with E-state index in [0.717, 1.165) is 11.8 Å². The molecule has 1 unspecified atom stereocenters. The number of carbonyl (C=O) groups is 1. The summed E-state index contributed by atoms with van der Waals surface area (Å²) in [4.78, 5) is 11.6. The molecule has 0 spiro atoms. The van der Waals surface area contributed by atoms with Crippen molar-refractivity contribution < 1.29 is 14.6 Å². The lowest BCUT2D eigenvalue weighted by Crippen LogP contribution is -2.21. The van der Waals surface area contributed by atoms with Gasteiger partial charge in [-0.3, -0.25) is 4.79 Å². The van der Waals surface area contributed by atoms with Gasteiger partial charge in [0.05, 0.1) is 11.6 Å². The van der Waals surface area contributed by atoms with Crippen LogP contribution in [0.5, 0.6) is 0 Å². The van der Waals surface area contributed by atoms with Gasteiger partial charge in [0, 0.05) is 17.7 Å². The number of thioether (sulfide) groups is 1. The number of carboxylic acids is 1. The van der Waals surface area contributed by atoms with Gasteiger partial charge in [0.2, 0.25) is 0 Å². The number of hydrogen-bond donors (Lipinski definition) is 2. The van der Waals surface area contributed by atoms with Gasteiger partial charge in [-0.15, -0.1) is 11.8 Å². The van der Waals surface area contributed by atoms with Crippen LogP contribution in [-0.2, 0) is 9.53 Å². The van der Waals surface area contributed by atoms with Crippen LogP contribution in [0.2, 0.25) is 5.02 Å². The standard InChI is InChI=1S/C10H12ClNO3S/c1-15-5-9(10(13)14)16-8-4-6(12)2-3-7(8)11/h2-4,9H,5,12H2,1H3,(H,13,14). The predicted octanol–water partition coefficient (Wildman–Crippen LogP) is 2.11. The number of rotatable bonds is 5. The maximum absolute atomic E-state index is 10.9. The van der Waals surface area contributed by atoms with E-state index in [1.807, 2.05) is 0 Å². The molecule has 3 N–H and O–H groups in total. The second-order valence-electron chi connectivity index (χ2n) is 3.09. The molecule has 4 nitrogen and oxygen atoms in total. The van der Waals surface area contributed by atoms with Crippen LogP contribution in [0.4, 0.5) is 5.69 Å². The number of halogens is 1. The first kappa shape index (κ1) is 13.2. The molecule has 1 rings (SSSR count). The highest BCUT2D eigenvalue weighted by Crippen LogP contribution is 2.32. The van der Waals surface area contributed by atoms with E-state index in [-0.39, 0.29) is 6.61 Å². The maximum atomic E-state index is 10.9. The molecule has 0 aliphatic carbocycles. The van der Waals surface area contributed by atoms with Gasteiger partial charge in [0.25, 0.3) is 0 Å². The fourth-order valence-corrected chi connectivity index (χ4v) is 2.32. The summed E-state index contributed by atoms with van der Waals surface area (Å²) in [6, 6.07) is 4.96. The summed E-state index contributed by atoms with van der Waals surface area (Å²) in [5.74, 6) is -0.939. The lowest BCUT2D eigenvalue weighted by Gasteiger charge is -2.12. The smallest absolute Gasteiger partial charge is 0.319 e. The number of ether oxygens (including phenoxy) is 1. The molecule has 0 aliphatic heterocycles. The predicted molar refractivity (Wildman–Crippen MR) is 65.0 cm³/mol. The molecule has 0 amide bonds. The summed E-state index contributed by atoms with van der Waals surface area (Å²) in [6.07, 6.45) is 0. The van der Waals surface area contributed by atoms with E-state index in [0.29, 0.717) is 15.6 Å². The summed E-state index contributed by atoms with van der Waals surface area (Å²) in [7, 11) is 1.46. The van der Waals surface area contributed by atoms with E-state index in [4.69, 9.17) is 27.2 Å². The number of benzene rings is 1. The number of nitrogen functional groups attached to an aromatic ring is 1. The third kappa shape index (κ3) is 3.59. The zero-order valence-electron chi connectivity index (χ0n) is 8.64. The third-order valence-electron chi connectivity index (χ3n) is 1.82. The zero-order valence-corrected chi connectivity index (χ0v) is 10.2. The fraction of sp³-hybridized carbons (Fsp3) is 0.300. The first-order valence-corrected chi connectivity index (χ1v) is 5.73. The first-order chi connectivity index (χ1) is 7.54. The molecule has 0 bridgehead atoms. The zero-order chi connectivity index (χ0) is 12.1. The average molecular weight is 262 g/mol. The van der Waals surface area contributed by atoms with Crippen molar-refractivity contribution in [2.24, 2.45) is 0 Å². The summed E-state index contributed by atoms with van der Waals surface area (Å²) in [5.41, 5.74) is 6.15. The molecular weight excluding hydrogens is 250 g/mol. The molecule has 1 atom stereocenters. The van der Waals surface area contributed by atoms with Crippen molar-refractivity contribution >= 4 is 35.0 Å². The number of aliphatic carboxylic acids is 1. The van der Waals surface area contributed by atoms with Crippen LogP contribution in [0.1, 0.15) is 0 Å². The molecule has 16 heavy (non-hydrogen) atoms. The highest BCUT2D eigenvalue weighted by Gasteiger charge is 2.20. The van der Waals surface area contributed by atoms with Gasteiger partial charge in [-0.1, -0.05) is 11.6 Å². The van der Waals surface area contributed by atoms with E-state index in [1.165, 1.54) is 7.11 Å². The van der Waals surface area contributed by atoms with Gasteiger partial charge in [-0.2, -0.15) is 0 Å². The average Bonchev–Trinajstić information content (AvgIpc) is 2.22. The van der Waals surface area contributed by atoms with Crippen LogP contribution in [0.25, 0.3) is 0 Å². The van der Waals surface area contributed by atoms with E-state index >= 15 is 0 Å². The van der Waals surface area contributed by atoms with Gasteiger partial charge in [-0.05, 0) is 18.2 Å². The van der Waals surface area contributed by atoms with Crippen molar-refractivity contribution in [2.45, 2.75) is 10.1 Å². The van der Waals surface area contributed by atoms with Crippen LogP contribution in [0, 0.1) is 0 Å². The SMILES string of the molecule is COCC(Sc1cc(N)ccc1Cl)C(=O)O. The monoisotopic (exact) mass is 261 g/mol. The molecule has 0 fully saturated rings. The van der Waals surface area contributed by atoms with Gasteiger partial charge >= 0.3 is 5.97 Å². The topological polar surface area (TPSA) is 72.5 Å². The second-order valence-corrected chi connectivity index (χ2v) is 4.74. The lowest BCUT2D eigenvalue weighted by molar-refractivity contribution is -0.137. The Balaban J connectivity index is 2.84. The second kappa shape index (κ2) is 5.98. The lowest BCUT2D eigenvalue weighted by atomic mass is 10.3. The number of anilines is 1. The van der Waals surface area contributed by atoms with Crippen molar-refractivity contribution in [1.82, 2.24) is 0 Å². The number of hydrogen-bond acceptors (Lipinski definition) is 4. The molecule has 1 aromatic carbocycles. The Morgan fingerprint density at radius 1 is 1.69 bits per heavy atom. The van der Waals surface area contributed by atoms with Crippen molar-refractivity contribution in [3.63, 3.8) is 0 Å². The van der Waals surface area contributed by atoms with Gasteiger partial charge < -0.3 is 15.6 Å². The van der Waals surface area contributed by atoms with Crippen LogP contribution >= 0.6 is 23.4 Å². The third-order valence-corrected chi connectivity index (χ3v) is 3.47. The quantitative estimate of drug-likeness (QED) is 0.627. The first-order valence-electron chi connectivity index (χ1n) is 4.48. The molecule has 0 saturated carbocycles. The Labute approximate surface area is 103 Å². The van der Waals surface area contributed by atoms with E-state index in [1.54, 1.807) is 18.2 Å². The Morgan fingerprint density at radius 2 is 2.38 bits per heavy atom. The fourth-order valence-electron chi connectivity index (χ4n) is 1.07. The van der Waals surface area contributed by atoms with Crippen LogP contribution < -0.4 is 5.73 Å². The normalized spacial score (nSPS) is 12.4. The minimum Gasteiger partial charge on any atom is -0.480 e. The van der Waals surface area contributed by atoms with Crippen molar-refractivity contribution in [3.8, 4) is 0 Å². The van der Waals surface area contributed by atoms with Crippen molar-refractivity contribution in [2.75, 3.05) is 19.5 Å². The van der Waals surface area contributed by atoms with E-state index in [2.05, 4.69) is 0 Å². The van der Waals surface area contributed by atoms with Gasteiger partial charge in [0.1, 0.15) is 5.25 Å². The Bertz CT molecular complexity index is 386. The molecule has 1 aromatic rings. The minimum absolute atomic E-state index is 0.116. The van der Waals surface area contributed by atoms with Crippen molar-refractivity contribution in [3.05, 3.63) is 23.2 Å². The number of nitrogens with two attached hydrogens (primary N) is 1. The largest absolute Gasteiger partial charge is 0.480 e. The molecule has 0 radical (unpaired) electrons. The molecule has 0 aliphatic rings. The van der Waals surface area contributed by atoms with Crippen molar-refractivity contribution in [1.29, 1.82) is 0 Å². The number of methoxy groups -OCH3 is 1. The molecule has 0 aromatic heterocycles. The summed E-state index contributed by atoms with van der Waals surface area (Å²) >= 11 is 7.06. The van der Waals surface area contributed by atoms with Crippen LogP contribution in [0.3, 0.4) is 0 Å². The molecule has 6 heteroatoms. The minimum atomic E-state index is -0.939. The number of carboxylic acid groups (broad SMARTS) is 1. The van der Waals surface area contributed by atoms with E-state index in [9.17, 15) is 4.79 Å². The molecule has 0 heterocycles. The highest BCUT2D eigenvalue weighted by molar-refractivity contribution is 8.00. The Hall–Kier alpha value is -0.910. The maximum Gasteiger partial charge on any atom is 0.319 e. The van der Waals surface area contributed by atoms with Gasteiger partial charge in [0.15, 0.2) is 0 Å². The summed E-state index contributed by atoms with van der Waals surface area (Å²) in [6.45, 7) is 0.116. The molecular formula is C10H12ClNO3S.